The summed E-state index contributed by atoms with van der Waals surface area (Å²) in [6.45, 7) is 25.5. The van der Waals surface area contributed by atoms with E-state index in [1.54, 1.807) is 21.9 Å². The second-order valence-electron chi connectivity index (χ2n) is 15.7. The van der Waals surface area contributed by atoms with Gasteiger partial charge in [0.1, 0.15) is 8.24 Å². The number of hydrogen-bond acceptors (Lipinski definition) is 1. The summed E-state index contributed by atoms with van der Waals surface area (Å²) in [4.78, 5) is 0. The molecule has 0 aliphatic heterocycles. The largest absolute Gasteiger partial charge is 0.316 e. The number of allylic oxidation sites excluding steroid dienone is 4. The molecular formula is C33H53NSi2. The van der Waals surface area contributed by atoms with E-state index in [0.717, 1.165) is 23.4 Å². The SMILES string of the molecule is CC1(C)C2=CC3C(C=C2c2ccc([Si](C)(C)C)cc21)CCC3[Si](C)(C)N(C1CCCCC1)C(C)(C)C. The summed E-state index contributed by atoms with van der Waals surface area (Å²) >= 11 is 0. The highest BCUT2D eigenvalue weighted by Gasteiger charge is 2.53. The minimum absolute atomic E-state index is 0.119. The zero-order valence-corrected chi connectivity index (χ0v) is 27.1. The van der Waals surface area contributed by atoms with E-state index in [1.165, 1.54) is 50.5 Å². The first kappa shape index (κ1) is 26.7. The Kier molecular flexibility index (Phi) is 6.53. The zero-order chi connectivity index (χ0) is 26.3. The summed E-state index contributed by atoms with van der Waals surface area (Å²) in [6, 6.07) is 8.33. The van der Waals surface area contributed by atoms with E-state index in [9.17, 15) is 0 Å². The van der Waals surface area contributed by atoms with Crippen LogP contribution >= 0.6 is 0 Å². The second-order valence-corrected chi connectivity index (χ2v) is 25.3. The maximum Gasteiger partial charge on any atom is 0.126 e. The lowest BCUT2D eigenvalue weighted by atomic mass is 9.76. The molecule has 5 rings (SSSR count). The Hall–Kier alpha value is -0.906. The van der Waals surface area contributed by atoms with Crippen molar-refractivity contribution in [2.24, 2.45) is 11.8 Å². The molecule has 4 aliphatic rings. The van der Waals surface area contributed by atoms with Gasteiger partial charge in [0, 0.05) is 17.0 Å². The van der Waals surface area contributed by atoms with Gasteiger partial charge in [0.25, 0.3) is 0 Å². The molecule has 4 aliphatic carbocycles. The van der Waals surface area contributed by atoms with Gasteiger partial charge in [-0.2, -0.15) is 0 Å². The molecule has 0 bridgehead atoms. The van der Waals surface area contributed by atoms with Gasteiger partial charge in [-0.05, 0) is 79.7 Å². The molecule has 3 atom stereocenters. The maximum absolute atomic E-state index is 3.12. The van der Waals surface area contributed by atoms with Gasteiger partial charge in [0.05, 0.1) is 8.07 Å². The van der Waals surface area contributed by atoms with E-state index >= 15 is 0 Å². The van der Waals surface area contributed by atoms with Crippen molar-refractivity contribution in [3.05, 3.63) is 47.1 Å². The molecule has 0 radical (unpaired) electrons. The van der Waals surface area contributed by atoms with Crippen LogP contribution < -0.4 is 5.19 Å². The fourth-order valence-electron chi connectivity index (χ4n) is 8.99. The molecule has 2 saturated carbocycles. The molecule has 1 nitrogen and oxygen atoms in total. The molecule has 0 amide bonds. The van der Waals surface area contributed by atoms with Crippen LogP contribution in [0.4, 0.5) is 0 Å². The Labute approximate surface area is 224 Å². The summed E-state index contributed by atoms with van der Waals surface area (Å²) < 4.78 is 3.12. The van der Waals surface area contributed by atoms with E-state index in [1.807, 2.05) is 0 Å². The fourth-order valence-corrected chi connectivity index (χ4v) is 15.6. The molecule has 0 N–H and O–H groups in total. The third-order valence-electron chi connectivity index (χ3n) is 10.5. The van der Waals surface area contributed by atoms with E-state index in [-0.39, 0.29) is 11.0 Å². The molecule has 1 aromatic rings. The van der Waals surface area contributed by atoms with Crippen LogP contribution in [-0.2, 0) is 5.41 Å². The van der Waals surface area contributed by atoms with Crippen LogP contribution in [0.5, 0.6) is 0 Å². The van der Waals surface area contributed by atoms with Crippen molar-refractivity contribution < 1.29 is 0 Å². The van der Waals surface area contributed by atoms with Gasteiger partial charge in [-0.1, -0.05) is 108 Å². The standard InChI is InChI=1S/C33H53NSi2/c1-32(2,3)34(24-14-12-11-13-15-24)36(9,10)31-19-16-23-20-28-26-18-17-25(35(6,7)8)21-29(26)33(4,5)30(28)22-27(23)31/h17-18,20-24,27,31H,11-16,19H2,1-10H3. The Bertz CT molecular complexity index is 1070. The summed E-state index contributed by atoms with van der Waals surface area (Å²) in [5.74, 6) is 1.45. The van der Waals surface area contributed by atoms with Crippen molar-refractivity contribution in [2.75, 3.05) is 0 Å². The number of hydrogen-bond donors (Lipinski definition) is 0. The lowest BCUT2D eigenvalue weighted by molar-refractivity contribution is 0.140. The van der Waals surface area contributed by atoms with Gasteiger partial charge < -0.3 is 4.57 Å². The minimum atomic E-state index is -1.67. The second kappa shape index (κ2) is 8.81. The summed E-state index contributed by atoms with van der Waals surface area (Å²) in [5, 5.41) is 1.61. The highest BCUT2D eigenvalue weighted by atomic mass is 28.3. The van der Waals surface area contributed by atoms with Crippen LogP contribution in [0.15, 0.2) is 35.9 Å². The Morgan fingerprint density at radius 1 is 0.861 bits per heavy atom. The van der Waals surface area contributed by atoms with E-state index in [4.69, 9.17) is 0 Å². The number of nitrogens with zero attached hydrogens (tertiary/aromatic N) is 1. The quantitative estimate of drug-likeness (QED) is 0.359. The zero-order valence-electron chi connectivity index (χ0n) is 25.1. The molecular weight excluding hydrogens is 467 g/mol. The monoisotopic (exact) mass is 519 g/mol. The van der Waals surface area contributed by atoms with Crippen molar-refractivity contribution in [1.82, 2.24) is 4.57 Å². The molecule has 0 saturated heterocycles. The number of rotatable bonds is 4. The molecule has 3 unspecified atom stereocenters. The fraction of sp³-hybridized carbons (Fsp3) is 0.697. The van der Waals surface area contributed by atoms with Gasteiger partial charge >= 0.3 is 0 Å². The van der Waals surface area contributed by atoms with Crippen LogP contribution in [0.3, 0.4) is 0 Å². The summed E-state index contributed by atoms with van der Waals surface area (Å²) in [6.07, 6.45) is 15.5. The van der Waals surface area contributed by atoms with E-state index in [2.05, 4.69) is 102 Å². The smallest absolute Gasteiger partial charge is 0.126 e. The first-order valence-electron chi connectivity index (χ1n) is 15.0. The van der Waals surface area contributed by atoms with Crippen LogP contribution in [0.25, 0.3) is 5.57 Å². The number of benzene rings is 1. The topological polar surface area (TPSA) is 3.24 Å². The molecule has 3 heteroatoms. The summed E-state index contributed by atoms with van der Waals surface area (Å²) in [5.41, 5.74) is 7.58. The Morgan fingerprint density at radius 2 is 1.53 bits per heavy atom. The first-order chi connectivity index (χ1) is 16.6. The van der Waals surface area contributed by atoms with Crippen LogP contribution in [0.1, 0.15) is 90.7 Å². The average molecular weight is 520 g/mol. The predicted molar refractivity (Wildman–Crippen MR) is 164 cm³/mol. The highest BCUT2D eigenvalue weighted by Crippen LogP contribution is 2.59. The molecule has 1 aromatic carbocycles. The third kappa shape index (κ3) is 4.29. The maximum atomic E-state index is 3.12. The molecule has 0 spiro atoms. The molecule has 198 valence electrons. The van der Waals surface area contributed by atoms with Crippen molar-refractivity contribution in [3.63, 3.8) is 0 Å². The molecule has 2 fully saturated rings. The Balaban J connectivity index is 1.52. The normalized spacial score (nSPS) is 28.5. The van der Waals surface area contributed by atoms with Crippen molar-refractivity contribution >= 4 is 27.1 Å². The number of fused-ring (bicyclic) bond motifs is 4. The lowest BCUT2D eigenvalue weighted by Gasteiger charge is -2.55. The molecule has 36 heavy (non-hydrogen) atoms. The van der Waals surface area contributed by atoms with Gasteiger partial charge in [0.2, 0.25) is 0 Å². The van der Waals surface area contributed by atoms with Gasteiger partial charge in [-0.25, -0.2) is 0 Å². The minimum Gasteiger partial charge on any atom is -0.316 e. The average Bonchev–Trinajstić information content (AvgIpc) is 3.29. The van der Waals surface area contributed by atoms with Crippen molar-refractivity contribution in [1.29, 1.82) is 0 Å². The van der Waals surface area contributed by atoms with Crippen LogP contribution in [0, 0.1) is 11.8 Å². The lowest BCUT2D eigenvalue weighted by Crippen LogP contribution is -2.64. The van der Waals surface area contributed by atoms with Gasteiger partial charge in [-0.15, -0.1) is 0 Å². The molecule has 0 aromatic heterocycles. The first-order valence-corrected chi connectivity index (χ1v) is 21.6. The Morgan fingerprint density at radius 3 is 2.14 bits per heavy atom. The third-order valence-corrected chi connectivity index (χ3v) is 17.3. The van der Waals surface area contributed by atoms with Crippen molar-refractivity contribution in [2.45, 2.75) is 135 Å². The predicted octanol–water partition coefficient (Wildman–Crippen LogP) is 8.88. The van der Waals surface area contributed by atoms with Gasteiger partial charge in [0.15, 0.2) is 0 Å². The van der Waals surface area contributed by atoms with Crippen molar-refractivity contribution in [3.8, 4) is 0 Å². The molecule has 0 heterocycles. The van der Waals surface area contributed by atoms with Crippen LogP contribution in [-0.4, -0.2) is 32.5 Å². The van der Waals surface area contributed by atoms with Gasteiger partial charge in [-0.3, -0.25) is 0 Å². The van der Waals surface area contributed by atoms with E-state index in [0.29, 0.717) is 0 Å². The summed E-state index contributed by atoms with van der Waals surface area (Å²) in [7, 11) is -3.00. The highest BCUT2D eigenvalue weighted by molar-refractivity contribution is 6.88. The van der Waals surface area contributed by atoms with E-state index < -0.39 is 16.3 Å². The van der Waals surface area contributed by atoms with Crippen LogP contribution in [0.2, 0.25) is 38.3 Å².